The maximum atomic E-state index is 12.9. The fraction of sp³-hybridized carbons (Fsp3) is 0.217. The van der Waals surface area contributed by atoms with Crippen LogP contribution in [0.15, 0.2) is 87.7 Å². The van der Waals surface area contributed by atoms with Gasteiger partial charge in [0, 0.05) is 42.8 Å². The molecule has 0 atom stereocenters. The quantitative estimate of drug-likeness (QED) is 0.589. The van der Waals surface area contributed by atoms with Gasteiger partial charge >= 0.3 is 0 Å². The van der Waals surface area contributed by atoms with Crippen LogP contribution >= 0.6 is 11.8 Å². The van der Waals surface area contributed by atoms with Crippen molar-refractivity contribution < 1.29 is 13.2 Å². The van der Waals surface area contributed by atoms with Gasteiger partial charge in [0.2, 0.25) is 10.0 Å². The van der Waals surface area contributed by atoms with E-state index in [1.165, 1.54) is 16.1 Å². The number of carbonyl (C=O) groups excluding carboxylic acids is 1. The van der Waals surface area contributed by atoms with E-state index in [1.54, 1.807) is 35.4 Å². The van der Waals surface area contributed by atoms with Gasteiger partial charge in [-0.15, -0.1) is 0 Å². The average Bonchev–Trinajstić information content (AvgIpc) is 2.80. The van der Waals surface area contributed by atoms with Gasteiger partial charge in [-0.05, 0) is 55.5 Å². The Morgan fingerprint density at radius 1 is 0.903 bits per heavy atom. The number of benzene rings is 2. The van der Waals surface area contributed by atoms with Crippen LogP contribution in [0.1, 0.15) is 15.9 Å². The number of nitrogens with zero attached hydrogens (tertiary/aromatic N) is 3. The Balaban J connectivity index is 1.37. The Morgan fingerprint density at radius 2 is 1.58 bits per heavy atom. The summed E-state index contributed by atoms with van der Waals surface area (Å²) in [5.74, 6) is -0.0817. The van der Waals surface area contributed by atoms with E-state index in [2.05, 4.69) is 4.98 Å². The number of pyridine rings is 1. The van der Waals surface area contributed by atoms with Crippen LogP contribution in [0, 0.1) is 6.92 Å². The zero-order chi connectivity index (χ0) is 21.8. The molecule has 1 amide bonds. The second-order valence-corrected chi connectivity index (χ2v) is 10.3. The first-order valence-corrected chi connectivity index (χ1v) is 12.2. The maximum Gasteiger partial charge on any atom is 0.253 e. The molecule has 0 radical (unpaired) electrons. The van der Waals surface area contributed by atoms with Crippen LogP contribution in [0.4, 0.5) is 0 Å². The number of aryl methyl sites for hydroxylation is 1. The monoisotopic (exact) mass is 453 g/mol. The number of hydrogen-bond acceptors (Lipinski definition) is 5. The first-order chi connectivity index (χ1) is 14.9. The topological polar surface area (TPSA) is 70.6 Å². The molecular weight excluding hydrogens is 430 g/mol. The van der Waals surface area contributed by atoms with Crippen molar-refractivity contribution in [3.8, 4) is 0 Å². The second-order valence-electron chi connectivity index (χ2n) is 7.30. The van der Waals surface area contributed by atoms with Crippen LogP contribution in [0.5, 0.6) is 0 Å². The number of amides is 1. The molecule has 8 heteroatoms. The molecule has 1 aromatic heterocycles. The summed E-state index contributed by atoms with van der Waals surface area (Å²) in [5, 5.41) is 0.896. The minimum absolute atomic E-state index is 0.0817. The first kappa shape index (κ1) is 21.5. The molecule has 31 heavy (non-hydrogen) atoms. The largest absolute Gasteiger partial charge is 0.336 e. The number of aromatic nitrogens is 1. The van der Waals surface area contributed by atoms with Crippen LogP contribution in [-0.2, 0) is 10.0 Å². The molecule has 6 nitrogen and oxygen atoms in total. The fourth-order valence-electron chi connectivity index (χ4n) is 3.37. The van der Waals surface area contributed by atoms with Crippen molar-refractivity contribution in [2.45, 2.75) is 21.7 Å². The summed E-state index contributed by atoms with van der Waals surface area (Å²) in [6.45, 7) is 3.23. The molecule has 1 saturated heterocycles. The van der Waals surface area contributed by atoms with Gasteiger partial charge in [0.1, 0.15) is 5.03 Å². The third-order valence-electron chi connectivity index (χ3n) is 5.15. The average molecular weight is 454 g/mol. The van der Waals surface area contributed by atoms with Gasteiger partial charge in [-0.1, -0.05) is 35.5 Å². The van der Waals surface area contributed by atoms with Crippen LogP contribution in [-0.4, -0.2) is 54.7 Å². The lowest BCUT2D eigenvalue weighted by atomic mass is 10.2. The van der Waals surface area contributed by atoms with Gasteiger partial charge in [0.25, 0.3) is 5.91 Å². The van der Waals surface area contributed by atoms with Crippen LogP contribution in [0.25, 0.3) is 0 Å². The van der Waals surface area contributed by atoms with E-state index in [0.717, 1.165) is 15.5 Å². The molecule has 1 aliphatic heterocycles. The minimum atomic E-state index is -3.54. The Kier molecular flexibility index (Phi) is 6.41. The Labute approximate surface area is 187 Å². The molecule has 0 N–H and O–H groups in total. The van der Waals surface area contributed by atoms with Gasteiger partial charge in [0.05, 0.1) is 4.90 Å². The van der Waals surface area contributed by atoms with Gasteiger partial charge in [0.15, 0.2) is 0 Å². The highest BCUT2D eigenvalue weighted by Gasteiger charge is 2.30. The van der Waals surface area contributed by atoms with Crippen molar-refractivity contribution in [2.75, 3.05) is 26.2 Å². The molecule has 0 bridgehead atoms. The zero-order valence-electron chi connectivity index (χ0n) is 17.1. The molecule has 160 valence electrons. The summed E-state index contributed by atoms with van der Waals surface area (Å²) in [7, 11) is -3.54. The smallest absolute Gasteiger partial charge is 0.253 e. The molecule has 0 aliphatic carbocycles. The second kappa shape index (κ2) is 9.21. The molecule has 3 aromatic rings. The summed E-state index contributed by atoms with van der Waals surface area (Å²) >= 11 is 1.54. The van der Waals surface area contributed by atoms with Crippen LogP contribution < -0.4 is 0 Å². The lowest BCUT2D eigenvalue weighted by molar-refractivity contribution is 0.0698. The molecule has 2 heterocycles. The SMILES string of the molecule is Cc1ccc(S(=O)(=O)N2CCN(C(=O)c3ccc(Sc4ccccn4)cc3)CC2)cc1. The van der Waals surface area contributed by atoms with Gasteiger partial charge < -0.3 is 4.90 Å². The zero-order valence-corrected chi connectivity index (χ0v) is 18.8. The molecule has 1 fully saturated rings. The predicted molar refractivity (Wildman–Crippen MR) is 121 cm³/mol. The highest BCUT2D eigenvalue weighted by molar-refractivity contribution is 7.99. The summed E-state index contributed by atoms with van der Waals surface area (Å²) in [5.41, 5.74) is 1.61. The number of carbonyl (C=O) groups is 1. The lowest BCUT2D eigenvalue weighted by Gasteiger charge is -2.34. The van der Waals surface area contributed by atoms with Crippen molar-refractivity contribution >= 4 is 27.7 Å². The van der Waals surface area contributed by atoms with Gasteiger partial charge in [-0.2, -0.15) is 4.31 Å². The molecular formula is C23H23N3O3S2. The van der Waals surface area contributed by atoms with Gasteiger partial charge in [-0.25, -0.2) is 13.4 Å². The summed E-state index contributed by atoms with van der Waals surface area (Å²) < 4.78 is 27.1. The minimum Gasteiger partial charge on any atom is -0.336 e. The molecule has 0 spiro atoms. The van der Waals surface area contributed by atoms with E-state index in [1.807, 2.05) is 49.4 Å². The summed E-state index contributed by atoms with van der Waals surface area (Å²) in [4.78, 5) is 20.2. The Bertz CT molecular complexity index is 1140. The highest BCUT2D eigenvalue weighted by atomic mass is 32.2. The van der Waals surface area contributed by atoms with Crippen molar-refractivity contribution in [1.82, 2.24) is 14.2 Å². The lowest BCUT2D eigenvalue weighted by Crippen LogP contribution is -2.50. The third kappa shape index (κ3) is 4.98. The van der Waals surface area contributed by atoms with Crippen LogP contribution in [0.3, 0.4) is 0 Å². The predicted octanol–water partition coefficient (Wildman–Crippen LogP) is 3.69. The fourth-order valence-corrected chi connectivity index (χ4v) is 5.56. The van der Waals surface area contributed by atoms with Gasteiger partial charge in [-0.3, -0.25) is 4.79 Å². The number of hydrogen-bond donors (Lipinski definition) is 0. The number of piperazine rings is 1. The number of rotatable bonds is 5. The first-order valence-electron chi connectivity index (χ1n) is 9.98. The van der Waals surface area contributed by atoms with E-state index in [0.29, 0.717) is 23.5 Å². The highest BCUT2D eigenvalue weighted by Crippen LogP contribution is 2.26. The Hall–Kier alpha value is -2.68. The molecule has 2 aromatic carbocycles. The molecule has 0 saturated carbocycles. The van der Waals surface area contributed by atoms with Crippen molar-refractivity contribution in [3.63, 3.8) is 0 Å². The summed E-state index contributed by atoms with van der Waals surface area (Å²) in [6.07, 6.45) is 1.75. The molecule has 1 aliphatic rings. The molecule has 4 rings (SSSR count). The van der Waals surface area contributed by atoms with Crippen molar-refractivity contribution in [3.05, 3.63) is 84.1 Å². The van der Waals surface area contributed by atoms with Crippen molar-refractivity contribution in [1.29, 1.82) is 0 Å². The van der Waals surface area contributed by atoms with Crippen molar-refractivity contribution in [2.24, 2.45) is 0 Å². The Morgan fingerprint density at radius 3 is 2.19 bits per heavy atom. The van der Waals surface area contributed by atoms with Crippen LogP contribution in [0.2, 0.25) is 0 Å². The van der Waals surface area contributed by atoms with E-state index >= 15 is 0 Å². The van der Waals surface area contributed by atoms with E-state index in [-0.39, 0.29) is 19.0 Å². The van der Waals surface area contributed by atoms with E-state index in [4.69, 9.17) is 0 Å². The standard InChI is InChI=1S/C23H23N3O3S2/c1-18-5-11-21(12-6-18)31(28,29)26-16-14-25(15-17-26)23(27)19-7-9-20(10-8-19)30-22-4-2-3-13-24-22/h2-13H,14-17H2,1H3. The summed E-state index contributed by atoms with van der Waals surface area (Å²) in [6, 6.07) is 20.0. The normalized spacial score (nSPS) is 15.1. The number of sulfonamides is 1. The third-order valence-corrected chi connectivity index (χ3v) is 8.02. The van der Waals surface area contributed by atoms with E-state index in [9.17, 15) is 13.2 Å². The molecule has 0 unspecified atom stereocenters. The maximum absolute atomic E-state index is 12.9. The van der Waals surface area contributed by atoms with E-state index < -0.39 is 10.0 Å².